The number of rotatable bonds is 7. The van der Waals surface area contributed by atoms with E-state index in [4.69, 9.17) is 22.1 Å². The number of aromatic nitrogens is 1. The number of para-hydroxylation sites is 1. The summed E-state index contributed by atoms with van der Waals surface area (Å²) in [6.45, 7) is 2.02. The van der Waals surface area contributed by atoms with Crippen LogP contribution in [0.4, 0.5) is 18.9 Å². The van der Waals surface area contributed by atoms with Crippen LogP contribution in [-0.2, 0) is 11.3 Å². The Balaban J connectivity index is 1.51. The van der Waals surface area contributed by atoms with Gasteiger partial charge in [-0.2, -0.15) is 13.2 Å². The fraction of sp³-hybridized carbons (Fsp3) is 0.115. The van der Waals surface area contributed by atoms with E-state index in [1.165, 1.54) is 35.6 Å². The number of nitrogens with zero attached hydrogens (tertiary/aromatic N) is 2. The van der Waals surface area contributed by atoms with Crippen molar-refractivity contribution in [3.63, 3.8) is 0 Å². The van der Waals surface area contributed by atoms with E-state index in [9.17, 15) is 18.0 Å². The van der Waals surface area contributed by atoms with Gasteiger partial charge in [-0.3, -0.25) is 0 Å². The van der Waals surface area contributed by atoms with Crippen molar-refractivity contribution in [2.75, 3.05) is 0 Å². The lowest BCUT2D eigenvalue weighted by atomic mass is 10.1. The van der Waals surface area contributed by atoms with E-state index >= 15 is 0 Å². The summed E-state index contributed by atoms with van der Waals surface area (Å²) in [5.74, 6) is -0.569. The Hall–Kier alpha value is -3.47. The van der Waals surface area contributed by atoms with Crippen LogP contribution in [0, 0.1) is 6.92 Å². The average Bonchev–Trinajstić information content (AvgIpc) is 3.52. The number of ether oxygens (including phenoxy) is 1. The number of thiazole rings is 1. The van der Waals surface area contributed by atoms with E-state index in [1.54, 1.807) is 35.6 Å². The highest BCUT2D eigenvalue weighted by Crippen LogP contribution is 2.30. The molecule has 2 N–H and O–H groups in total. The smallest absolute Gasteiger partial charge is 0.430 e. The highest BCUT2D eigenvalue weighted by Gasteiger charge is 2.31. The highest BCUT2D eigenvalue weighted by atomic mass is 35.5. The first-order chi connectivity index (χ1) is 17.6. The molecule has 0 saturated carbocycles. The maximum Gasteiger partial charge on any atom is 0.430 e. The number of benzene rings is 2. The highest BCUT2D eigenvalue weighted by molar-refractivity contribution is 7.16. The number of hydrogen-bond acceptors (Lipinski definition) is 7. The average molecular weight is 562 g/mol. The van der Waals surface area contributed by atoms with Gasteiger partial charge in [0.15, 0.2) is 0 Å². The molecule has 4 aromatic rings. The molecule has 190 valence electrons. The van der Waals surface area contributed by atoms with Crippen molar-refractivity contribution in [1.29, 1.82) is 0 Å². The van der Waals surface area contributed by atoms with Crippen molar-refractivity contribution < 1.29 is 22.7 Å². The van der Waals surface area contributed by atoms with Crippen LogP contribution < -0.4 is 5.73 Å². The van der Waals surface area contributed by atoms with Crippen LogP contribution in [0.15, 0.2) is 82.8 Å². The Bertz CT molecular complexity index is 1470. The van der Waals surface area contributed by atoms with Gasteiger partial charge in [-0.25, -0.2) is 14.8 Å². The minimum Gasteiger partial charge on any atom is -0.456 e. The van der Waals surface area contributed by atoms with Gasteiger partial charge in [0.1, 0.15) is 12.3 Å². The molecule has 0 aliphatic rings. The minimum absolute atomic E-state index is 0.0637. The lowest BCUT2D eigenvalue weighted by Crippen LogP contribution is -2.21. The number of alkyl halides is 3. The summed E-state index contributed by atoms with van der Waals surface area (Å²) < 4.78 is 44.7. The molecule has 2 aromatic carbocycles. The molecule has 0 unspecified atom stereocenters. The summed E-state index contributed by atoms with van der Waals surface area (Å²) >= 11 is 9.17. The fourth-order valence-corrected chi connectivity index (χ4v) is 4.90. The van der Waals surface area contributed by atoms with Gasteiger partial charge < -0.3 is 10.5 Å². The lowest BCUT2D eigenvalue weighted by molar-refractivity contribution is -0.0925. The maximum atomic E-state index is 13.1. The van der Waals surface area contributed by atoms with E-state index < -0.39 is 17.8 Å². The summed E-state index contributed by atoms with van der Waals surface area (Å²) in [5.41, 5.74) is 5.57. The number of halogens is 4. The van der Waals surface area contributed by atoms with Gasteiger partial charge in [0.05, 0.1) is 37.6 Å². The predicted molar refractivity (Wildman–Crippen MR) is 142 cm³/mol. The third-order valence-electron chi connectivity index (χ3n) is 5.01. The molecule has 0 amide bonds. The minimum atomic E-state index is -4.73. The van der Waals surface area contributed by atoms with Gasteiger partial charge in [0.25, 0.3) is 0 Å². The number of esters is 1. The van der Waals surface area contributed by atoms with Crippen LogP contribution in [0.3, 0.4) is 0 Å². The zero-order chi connectivity index (χ0) is 26.6. The van der Waals surface area contributed by atoms with Crippen molar-refractivity contribution >= 4 is 51.6 Å². The number of hydrogen-bond donors (Lipinski definition) is 1. The molecule has 2 heterocycles. The van der Waals surface area contributed by atoms with Gasteiger partial charge in [-0.15, -0.1) is 22.7 Å². The number of carbonyl (C=O) groups is 1. The van der Waals surface area contributed by atoms with Crippen molar-refractivity contribution in [3.05, 3.63) is 104 Å². The first-order valence-corrected chi connectivity index (χ1v) is 12.8. The van der Waals surface area contributed by atoms with Gasteiger partial charge in [0, 0.05) is 15.8 Å². The topological polar surface area (TPSA) is 77.6 Å². The molecule has 0 bridgehead atoms. The van der Waals surface area contributed by atoms with E-state index in [-0.39, 0.29) is 28.6 Å². The molecule has 0 spiro atoms. The van der Waals surface area contributed by atoms with Gasteiger partial charge in [0.2, 0.25) is 0 Å². The van der Waals surface area contributed by atoms with Gasteiger partial charge in [-0.05, 0) is 49.4 Å². The molecule has 0 aliphatic carbocycles. The summed E-state index contributed by atoms with van der Waals surface area (Å²) in [6, 6.07) is 16.1. The summed E-state index contributed by atoms with van der Waals surface area (Å²) in [6.07, 6.45) is -4.00. The van der Waals surface area contributed by atoms with Crippen LogP contribution in [0.1, 0.15) is 25.8 Å². The van der Waals surface area contributed by atoms with Crippen molar-refractivity contribution in [2.45, 2.75) is 19.7 Å². The van der Waals surface area contributed by atoms with Crippen LogP contribution in [0.2, 0.25) is 5.02 Å². The van der Waals surface area contributed by atoms with Crippen LogP contribution in [-0.4, -0.2) is 22.8 Å². The number of aliphatic imine (C=N–C) groups is 1. The molecule has 11 heteroatoms. The number of carbonyl (C=O) groups excluding carboxylic acids is 1. The second-order valence-electron chi connectivity index (χ2n) is 7.72. The van der Waals surface area contributed by atoms with Crippen LogP contribution in [0.5, 0.6) is 0 Å². The standard InChI is InChI=1S/C26H19ClF3N3O2S2/c1-15-32-22(14-36-15)23-11-10-18(37-23)13-35-25(34)17-8-6-16(7-9-17)21(12-24(31)26(28,29)30)33-20-5-3-2-4-19(20)27/h2-12,14H,13,31H2,1H3. The molecular weight excluding hydrogens is 543 g/mol. The fourth-order valence-electron chi connectivity index (χ4n) is 3.15. The predicted octanol–water partition coefficient (Wildman–Crippen LogP) is 7.72. The second-order valence-corrected chi connectivity index (χ2v) is 10.4. The first kappa shape index (κ1) is 26.6. The lowest BCUT2D eigenvalue weighted by Gasteiger charge is -2.10. The quantitative estimate of drug-likeness (QED) is 0.185. The van der Waals surface area contributed by atoms with E-state index in [2.05, 4.69) is 9.98 Å². The third kappa shape index (κ3) is 6.85. The number of aryl methyl sites for hydroxylation is 1. The van der Waals surface area contributed by atoms with Crippen LogP contribution in [0.25, 0.3) is 10.6 Å². The van der Waals surface area contributed by atoms with E-state index in [0.29, 0.717) is 5.56 Å². The summed E-state index contributed by atoms with van der Waals surface area (Å²) in [4.78, 5) is 23.1. The zero-order valence-corrected chi connectivity index (χ0v) is 21.6. The number of thiophene rings is 1. The summed E-state index contributed by atoms with van der Waals surface area (Å²) in [5, 5.41) is 3.21. The summed E-state index contributed by atoms with van der Waals surface area (Å²) in [7, 11) is 0. The van der Waals surface area contributed by atoms with Gasteiger partial charge in [-0.1, -0.05) is 35.9 Å². The molecule has 37 heavy (non-hydrogen) atoms. The Morgan fingerprint density at radius 1 is 1.11 bits per heavy atom. The second kappa shape index (κ2) is 11.3. The van der Waals surface area contributed by atoms with Crippen molar-refractivity contribution in [1.82, 2.24) is 4.98 Å². The third-order valence-corrected chi connectivity index (χ3v) is 7.18. The van der Waals surface area contributed by atoms with E-state index in [0.717, 1.165) is 26.5 Å². The maximum absolute atomic E-state index is 13.1. The van der Waals surface area contributed by atoms with Crippen molar-refractivity contribution in [2.24, 2.45) is 10.7 Å². The monoisotopic (exact) mass is 561 g/mol. The van der Waals surface area contributed by atoms with Gasteiger partial charge >= 0.3 is 12.1 Å². The molecule has 0 aliphatic heterocycles. The van der Waals surface area contributed by atoms with Crippen LogP contribution >= 0.6 is 34.3 Å². The molecule has 4 rings (SSSR count). The van der Waals surface area contributed by atoms with Crippen molar-refractivity contribution in [3.8, 4) is 10.6 Å². The molecule has 5 nitrogen and oxygen atoms in total. The largest absolute Gasteiger partial charge is 0.456 e. The Morgan fingerprint density at radius 3 is 2.46 bits per heavy atom. The molecule has 0 radical (unpaired) electrons. The number of nitrogens with two attached hydrogens (primary N) is 1. The molecule has 0 fully saturated rings. The molecule has 0 saturated heterocycles. The normalized spacial score (nSPS) is 12.6. The Kier molecular flexibility index (Phi) is 8.11. The molecular formula is C26H19ClF3N3O2S2. The zero-order valence-electron chi connectivity index (χ0n) is 19.3. The molecule has 0 atom stereocenters. The Morgan fingerprint density at radius 2 is 1.81 bits per heavy atom. The molecule has 2 aromatic heterocycles. The first-order valence-electron chi connectivity index (χ1n) is 10.8. The van der Waals surface area contributed by atoms with E-state index in [1.807, 2.05) is 24.4 Å². The SMILES string of the molecule is Cc1nc(-c2ccc(COC(=O)c3ccc(C(C=C(N)C(F)(F)F)=Nc4ccccc4Cl)cc3)s2)cs1. The Labute approximate surface area is 223 Å². The number of allylic oxidation sites excluding steroid dienone is 2.